The number of hydrogen-bond donors (Lipinski definition) is 1. The molecule has 1 saturated heterocycles. The maximum Gasteiger partial charge on any atom is 0.125 e. The molecule has 2 unspecified atom stereocenters. The molecule has 112 valence electrons. The van der Waals surface area contributed by atoms with Gasteiger partial charge in [-0.3, -0.25) is 0 Å². The zero-order chi connectivity index (χ0) is 14.4. The Labute approximate surface area is 121 Å². The highest BCUT2D eigenvalue weighted by Gasteiger charge is 2.29. The molecule has 3 nitrogen and oxygen atoms in total. The number of rotatable bonds is 7. The van der Waals surface area contributed by atoms with E-state index in [9.17, 15) is 4.39 Å². The summed E-state index contributed by atoms with van der Waals surface area (Å²) >= 11 is 0. The second-order valence-corrected chi connectivity index (χ2v) is 5.38. The van der Waals surface area contributed by atoms with E-state index in [-0.39, 0.29) is 5.82 Å². The van der Waals surface area contributed by atoms with Crippen LogP contribution in [-0.4, -0.2) is 38.9 Å². The average molecular weight is 280 g/mol. The van der Waals surface area contributed by atoms with E-state index in [0.717, 1.165) is 45.0 Å². The third-order valence-corrected chi connectivity index (χ3v) is 3.86. The molecular weight excluding hydrogens is 255 g/mol. The third kappa shape index (κ3) is 3.93. The molecule has 1 aromatic rings. The minimum atomic E-state index is -0.177. The van der Waals surface area contributed by atoms with Crippen LogP contribution in [-0.2, 0) is 4.74 Å². The van der Waals surface area contributed by atoms with E-state index in [1.165, 1.54) is 6.07 Å². The smallest absolute Gasteiger partial charge is 0.125 e. The molecule has 20 heavy (non-hydrogen) atoms. The Bertz CT molecular complexity index is 413. The van der Waals surface area contributed by atoms with Gasteiger partial charge in [0, 0.05) is 30.7 Å². The number of halogens is 1. The number of anilines is 1. The minimum absolute atomic E-state index is 0.177. The quantitative estimate of drug-likeness (QED) is 0.831. The highest BCUT2D eigenvalue weighted by molar-refractivity contribution is 5.46. The molecule has 0 aromatic heterocycles. The van der Waals surface area contributed by atoms with E-state index >= 15 is 0 Å². The van der Waals surface area contributed by atoms with Gasteiger partial charge < -0.3 is 15.0 Å². The molecule has 0 saturated carbocycles. The lowest BCUT2D eigenvalue weighted by Crippen LogP contribution is -2.42. The van der Waals surface area contributed by atoms with E-state index in [2.05, 4.69) is 24.1 Å². The van der Waals surface area contributed by atoms with Crippen LogP contribution in [0.4, 0.5) is 10.1 Å². The largest absolute Gasteiger partial charge is 0.379 e. The second kappa shape index (κ2) is 7.60. The summed E-state index contributed by atoms with van der Waals surface area (Å²) in [6.07, 6.45) is 1.13. The standard InChI is InChI=1S/C16H25FN2O/c1-3-8-18-16-12-20-11-13(16)10-19(4-2)15-7-5-6-14(17)9-15/h5-7,9,13,16,18H,3-4,8,10-12H2,1-2H3. The van der Waals surface area contributed by atoms with Crippen LogP contribution in [0.5, 0.6) is 0 Å². The Morgan fingerprint density at radius 1 is 1.35 bits per heavy atom. The number of hydrogen-bond acceptors (Lipinski definition) is 3. The Hall–Kier alpha value is -1.13. The highest BCUT2D eigenvalue weighted by Crippen LogP contribution is 2.21. The first-order valence-electron chi connectivity index (χ1n) is 7.56. The van der Waals surface area contributed by atoms with Gasteiger partial charge in [-0.2, -0.15) is 0 Å². The van der Waals surface area contributed by atoms with Gasteiger partial charge in [-0.1, -0.05) is 13.0 Å². The van der Waals surface area contributed by atoms with Crippen molar-refractivity contribution in [3.8, 4) is 0 Å². The average Bonchev–Trinajstić information content (AvgIpc) is 2.89. The molecule has 2 rings (SSSR count). The fourth-order valence-corrected chi connectivity index (χ4v) is 2.71. The van der Waals surface area contributed by atoms with Crippen LogP contribution in [0.15, 0.2) is 24.3 Å². The fourth-order valence-electron chi connectivity index (χ4n) is 2.71. The van der Waals surface area contributed by atoms with Crippen molar-refractivity contribution in [2.24, 2.45) is 5.92 Å². The zero-order valence-electron chi connectivity index (χ0n) is 12.4. The Morgan fingerprint density at radius 3 is 2.90 bits per heavy atom. The molecule has 0 amide bonds. The number of nitrogens with one attached hydrogen (secondary N) is 1. The van der Waals surface area contributed by atoms with Crippen LogP contribution < -0.4 is 10.2 Å². The first-order valence-corrected chi connectivity index (χ1v) is 7.56. The van der Waals surface area contributed by atoms with Crippen molar-refractivity contribution in [1.29, 1.82) is 0 Å². The maximum absolute atomic E-state index is 13.4. The molecule has 1 aromatic carbocycles. The third-order valence-electron chi connectivity index (χ3n) is 3.86. The maximum atomic E-state index is 13.4. The Kier molecular flexibility index (Phi) is 5.80. The summed E-state index contributed by atoms with van der Waals surface area (Å²) in [6.45, 7) is 8.65. The van der Waals surface area contributed by atoms with Gasteiger partial charge in [-0.15, -0.1) is 0 Å². The fraction of sp³-hybridized carbons (Fsp3) is 0.625. The van der Waals surface area contributed by atoms with Gasteiger partial charge in [0.1, 0.15) is 5.82 Å². The van der Waals surface area contributed by atoms with Crippen molar-refractivity contribution in [1.82, 2.24) is 5.32 Å². The second-order valence-electron chi connectivity index (χ2n) is 5.38. The van der Waals surface area contributed by atoms with Crippen LogP contribution in [0.2, 0.25) is 0 Å². The summed E-state index contributed by atoms with van der Waals surface area (Å²) in [5.41, 5.74) is 0.952. The predicted octanol–water partition coefficient (Wildman–Crippen LogP) is 2.67. The van der Waals surface area contributed by atoms with Gasteiger partial charge >= 0.3 is 0 Å². The molecule has 1 heterocycles. The number of benzene rings is 1. The van der Waals surface area contributed by atoms with Crippen LogP contribution in [0.25, 0.3) is 0 Å². The van der Waals surface area contributed by atoms with Crippen molar-refractivity contribution in [2.75, 3.05) is 37.7 Å². The summed E-state index contributed by atoms with van der Waals surface area (Å²) in [7, 11) is 0. The molecule has 0 bridgehead atoms. The van der Waals surface area contributed by atoms with Crippen molar-refractivity contribution in [2.45, 2.75) is 26.3 Å². The Morgan fingerprint density at radius 2 is 2.20 bits per heavy atom. The summed E-state index contributed by atoms with van der Waals surface area (Å²) < 4.78 is 19.0. The van der Waals surface area contributed by atoms with Crippen LogP contribution in [0, 0.1) is 11.7 Å². The lowest BCUT2D eigenvalue weighted by atomic mass is 10.0. The van der Waals surface area contributed by atoms with Crippen LogP contribution in [0.3, 0.4) is 0 Å². The lowest BCUT2D eigenvalue weighted by molar-refractivity contribution is 0.183. The monoisotopic (exact) mass is 280 g/mol. The van der Waals surface area contributed by atoms with Gasteiger partial charge in [0.25, 0.3) is 0 Å². The molecule has 0 aliphatic carbocycles. The number of ether oxygens (including phenoxy) is 1. The van der Waals surface area contributed by atoms with Gasteiger partial charge in [0.15, 0.2) is 0 Å². The van der Waals surface area contributed by atoms with Crippen LogP contribution >= 0.6 is 0 Å². The SMILES string of the molecule is CCCNC1COCC1CN(CC)c1cccc(F)c1. The Balaban J connectivity index is 1.98. The molecule has 0 spiro atoms. The van der Waals surface area contributed by atoms with Crippen molar-refractivity contribution >= 4 is 5.69 Å². The van der Waals surface area contributed by atoms with E-state index in [1.54, 1.807) is 12.1 Å². The minimum Gasteiger partial charge on any atom is -0.379 e. The van der Waals surface area contributed by atoms with Crippen molar-refractivity contribution in [3.63, 3.8) is 0 Å². The summed E-state index contributed by atoms with van der Waals surface area (Å²) in [5.74, 6) is 0.286. The predicted molar refractivity (Wildman–Crippen MR) is 80.7 cm³/mol. The van der Waals surface area contributed by atoms with E-state index in [0.29, 0.717) is 12.0 Å². The summed E-state index contributed by atoms with van der Waals surface area (Å²) in [5, 5.41) is 3.55. The molecule has 1 aliphatic heterocycles. The van der Waals surface area contributed by atoms with Gasteiger partial charge in [-0.05, 0) is 38.1 Å². The molecule has 2 atom stereocenters. The normalized spacial score (nSPS) is 22.1. The number of nitrogens with zero attached hydrogens (tertiary/aromatic N) is 1. The molecule has 4 heteroatoms. The van der Waals surface area contributed by atoms with E-state index in [1.807, 2.05) is 6.07 Å². The molecule has 0 radical (unpaired) electrons. The zero-order valence-corrected chi connectivity index (χ0v) is 12.4. The highest BCUT2D eigenvalue weighted by atomic mass is 19.1. The van der Waals surface area contributed by atoms with Crippen molar-refractivity contribution < 1.29 is 9.13 Å². The summed E-state index contributed by atoms with van der Waals surface area (Å²) in [6, 6.07) is 7.25. The van der Waals surface area contributed by atoms with Crippen LogP contribution in [0.1, 0.15) is 20.3 Å². The first-order chi connectivity index (χ1) is 9.74. The van der Waals surface area contributed by atoms with E-state index in [4.69, 9.17) is 4.74 Å². The van der Waals surface area contributed by atoms with Gasteiger partial charge in [-0.25, -0.2) is 4.39 Å². The molecular formula is C16H25FN2O. The van der Waals surface area contributed by atoms with E-state index < -0.39 is 0 Å². The first kappa shape index (κ1) is 15.3. The topological polar surface area (TPSA) is 24.5 Å². The molecule has 1 fully saturated rings. The molecule has 1 aliphatic rings. The van der Waals surface area contributed by atoms with Gasteiger partial charge in [0.2, 0.25) is 0 Å². The lowest BCUT2D eigenvalue weighted by Gasteiger charge is -2.29. The van der Waals surface area contributed by atoms with Crippen molar-refractivity contribution in [3.05, 3.63) is 30.1 Å². The van der Waals surface area contributed by atoms with Gasteiger partial charge in [0.05, 0.1) is 13.2 Å². The molecule has 1 N–H and O–H groups in total. The summed E-state index contributed by atoms with van der Waals surface area (Å²) in [4.78, 5) is 2.23.